The number of nitrogens with zero attached hydrogens (tertiary/aromatic N) is 3. The molecule has 2 heterocycles. The molecule has 1 aromatic carbocycles. The van der Waals surface area contributed by atoms with Crippen molar-refractivity contribution in [2.45, 2.75) is 44.4 Å². The molecule has 6 nitrogen and oxygen atoms in total. The van der Waals surface area contributed by atoms with E-state index in [1.807, 2.05) is 9.80 Å². The number of morpholine rings is 1. The summed E-state index contributed by atoms with van der Waals surface area (Å²) < 4.78 is 5.33. The molecule has 164 valence electrons. The Morgan fingerprint density at radius 1 is 0.900 bits per heavy atom. The topological polar surface area (TPSA) is 53.1 Å². The van der Waals surface area contributed by atoms with Crippen LogP contribution in [0.15, 0.2) is 24.3 Å². The third-order valence-electron chi connectivity index (χ3n) is 6.85. The Balaban J connectivity index is 1.32. The number of hydrogen-bond donors (Lipinski definition) is 0. The lowest BCUT2D eigenvalue weighted by Gasteiger charge is -2.37. The maximum atomic E-state index is 13.4. The largest absolute Gasteiger partial charge is 0.378 e. The van der Waals surface area contributed by atoms with Crippen molar-refractivity contribution in [3.63, 3.8) is 0 Å². The monoisotopic (exact) mass is 413 g/mol. The van der Waals surface area contributed by atoms with Gasteiger partial charge in [0.1, 0.15) is 0 Å². The van der Waals surface area contributed by atoms with E-state index in [1.54, 1.807) is 0 Å². The molecule has 0 bridgehead atoms. The lowest BCUT2D eigenvalue weighted by Crippen LogP contribution is -2.54. The van der Waals surface area contributed by atoms with E-state index in [0.29, 0.717) is 45.9 Å². The highest BCUT2D eigenvalue weighted by Crippen LogP contribution is 2.50. The van der Waals surface area contributed by atoms with Crippen LogP contribution in [0, 0.1) is 0 Å². The number of piperazine rings is 1. The molecule has 3 fully saturated rings. The van der Waals surface area contributed by atoms with Gasteiger partial charge >= 0.3 is 0 Å². The van der Waals surface area contributed by atoms with Crippen molar-refractivity contribution in [1.29, 1.82) is 0 Å². The third-order valence-corrected chi connectivity index (χ3v) is 6.85. The second kappa shape index (κ2) is 8.31. The first-order valence-electron chi connectivity index (χ1n) is 11.3. The van der Waals surface area contributed by atoms with E-state index < -0.39 is 0 Å². The van der Waals surface area contributed by atoms with Crippen LogP contribution in [0.25, 0.3) is 0 Å². The van der Waals surface area contributed by atoms with Crippen LogP contribution in [0.4, 0.5) is 0 Å². The van der Waals surface area contributed by atoms with Gasteiger partial charge in [-0.1, -0.05) is 45.0 Å². The Morgan fingerprint density at radius 3 is 2.03 bits per heavy atom. The third kappa shape index (κ3) is 4.40. The maximum Gasteiger partial charge on any atom is 0.236 e. The fraction of sp³-hybridized carbons (Fsp3) is 0.667. The first-order valence-corrected chi connectivity index (χ1v) is 11.3. The highest BCUT2D eigenvalue weighted by Gasteiger charge is 2.53. The number of benzene rings is 1. The van der Waals surface area contributed by atoms with Crippen LogP contribution in [0.2, 0.25) is 0 Å². The smallest absolute Gasteiger partial charge is 0.236 e. The zero-order valence-electron chi connectivity index (χ0n) is 18.7. The van der Waals surface area contributed by atoms with Crippen LogP contribution in [0.5, 0.6) is 0 Å². The van der Waals surface area contributed by atoms with Gasteiger partial charge in [0.25, 0.3) is 0 Å². The molecule has 2 saturated heterocycles. The van der Waals surface area contributed by atoms with E-state index in [4.69, 9.17) is 4.74 Å². The normalized spacial score (nSPS) is 22.1. The summed E-state index contributed by atoms with van der Waals surface area (Å²) in [6.45, 7) is 12.7. The Morgan fingerprint density at radius 2 is 1.50 bits per heavy atom. The summed E-state index contributed by atoms with van der Waals surface area (Å²) in [7, 11) is 0. The molecule has 1 aliphatic carbocycles. The molecule has 1 saturated carbocycles. The summed E-state index contributed by atoms with van der Waals surface area (Å²) in [6, 6.07) is 8.67. The molecule has 0 spiro atoms. The molecule has 0 aromatic heterocycles. The van der Waals surface area contributed by atoms with E-state index in [0.717, 1.165) is 31.5 Å². The van der Waals surface area contributed by atoms with Crippen molar-refractivity contribution < 1.29 is 14.3 Å². The molecule has 6 heteroatoms. The quantitative estimate of drug-likeness (QED) is 0.758. The number of hydrogen-bond acceptors (Lipinski definition) is 4. The standard InChI is InChI=1S/C24H35N3O3/c1-23(2,3)19-4-6-20(7-5-19)24(8-9-24)22(29)27-12-10-25(11-13-27)18-21(28)26-14-16-30-17-15-26/h4-7H,8-18H2,1-3H3. The molecular formula is C24H35N3O3. The van der Waals surface area contributed by atoms with Crippen LogP contribution in [-0.2, 0) is 25.2 Å². The zero-order chi connectivity index (χ0) is 21.4. The fourth-order valence-corrected chi connectivity index (χ4v) is 4.56. The number of carbonyl (C=O) groups excluding carboxylic acids is 2. The van der Waals surface area contributed by atoms with Crippen molar-refractivity contribution in [2.24, 2.45) is 0 Å². The Bertz CT molecular complexity index is 766. The second-order valence-electron chi connectivity index (χ2n) is 9.97. The number of rotatable bonds is 4. The van der Waals surface area contributed by atoms with Crippen LogP contribution in [-0.4, -0.2) is 85.5 Å². The van der Waals surface area contributed by atoms with E-state index in [2.05, 4.69) is 49.9 Å². The van der Waals surface area contributed by atoms with Gasteiger partial charge in [-0.3, -0.25) is 14.5 Å². The van der Waals surface area contributed by atoms with Gasteiger partial charge in [0.15, 0.2) is 0 Å². The van der Waals surface area contributed by atoms with Crippen LogP contribution >= 0.6 is 0 Å². The predicted octanol–water partition coefficient (Wildman–Crippen LogP) is 2.02. The minimum Gasteiger partial charge on any atom is -0.378 e. The van der Waals surface area contributed by atoms with Crippen molar-refractivity contribution in [2.75, 3.05) is 59.0 Å². The lowest BCUT2D eigenvalue weighted by atomic mass is 9.84. The van der Waals surface area contributed by atoms with Gasteiger partial charge in [-0.25, -0.2) is 0 Å². The van der Waals surface area contributed by atoms with Gasteiger partial charge < -0.3 is 14.5 Å². The molecular weight excluding hydrogens is 378 g/mol. The van der Waals surface area contributed by atoms with E-state index in [1.165, 1.54) is 5.56 Å². The average molecular weight is 414 g/mol. The van der Waals surface area contributed by atoms with Gasteiger partial charge in [0, 0.05) is 39.3 Å². The van der Waals surface area contributed by atoms with Crippen molar-refractivity contribution in [3.8, 4) is 0 Å². The molecule has 0 N–H and O–H groups in total. The van der Waals surface area contributed by atoms with Gasteiger partial charge in [-0.2, -0.15) is 0 Å². The summed E-state index contributed by atoms with van der Waals surface area (Å²) in [5, 5.41) is 0. The minimum absolute atomic E-state index is 0.119. The first-order chi connectivity index (χ1) is 14.3. The molecule has 0 atom stereocenters. The van der Waals surface area contributed by atoms with E-state index >= 15 is 0 Å². The van der Waals surface area contributed by atoms with Gasteiger partial charge in [0.2, 0.25) is 11.8 Å². The highest BCUT2D eigenvalue weighted by molar-refractivity contribution is 5.91. The molecule has 30 heavy (non-hydrogen) atoms. The van der Waals surface area contributed by atoms with Crippen LogP contribution in [0.1, 0.15) is 44.7 Å². The average Bonchev–Trinajstić information content (AvgIpc) is 3.56. The second-order valence-corrected chi connectivity index (χ2v) is 9.97. The molecule has 4 rings (SSSR count). The number of amides is 2. The molecule has 0 radical (unpaired) electrons. The van der Waals surface area contributed by atoms with Crippen LogP contribution in [0.3, 0.4) is 0 Å². The number of ether oxygens (including phenoxy) is 1. The van der Waals surface area contributed by atoms with Gasteiger partial charge in [-0.05, 0) is 29.4 Å². The van der Waals surface area contributed by atoms with Crippen molar-refractivity contribution >= 4 is 11.8 Å². The van der Waals surface area contributed by atoms with Crippen molar-refractivity contribution in [1.82, 2.24) is 14.7 Å². The number of carbonyl (C=O) groups is 2. The van der Waals surface area contributed by atoms with E-state index in [9.17, 15) is 9.59 Å². The first kappa shape index (κ1) is 21.3. The SMILES string of the molecule is CC(C)(C)c1ccc(C2(C(=O)N3CCN(CC(=O)N4CCOCC4)CC3)CC2)cc1. The van der Waals surface area contributed by atoms with Gasteiger partial charge in [-0.15, -0.1) is 0 Å². The zero-order valence-corrected chi connectivity index (χ0v) is 18.7. The molecule has 0 unspecified atom stereocenters. The van der Waals surface area contributed by atoms with Crippen LogP contribution < -0.4 is 0 Å². The molecule has 3 aliphatic rings. The fourth-order valence-electron chi connectivity index (χ4n) is 4.56. The van der Waals surface area contributed by atoms with Crippen molar-refractivity contribution in [3.05, 3.63) is 35.4 Å². The Hall–Kier alpha value is -1.92. The Labute approximate surface area is 180 Å². The summed E-state index contributed by atoms with van der Waals surface area (Å²) >= 11 is 0. The maximum absolute atomic E-state index is 13.4. The summed E-state index contributed by atoms with van der Waals surface area (Å²) in [4.78, 5) is 31.9. The summed E-state index contributed by atoms with van der Waals surface area (Å²) in [6.07, 6.45) is 1.88. The molecule has 2 amide bonds. The molecule has 1 aromatic rings. The highest BCUT2D eigenvalue weighted by atomic mass is 16.5. The summed E-state index contributed by atoms with van der Waals surface area (Å²) in [5.74, 6) is 0.445. The summed E-state index contributed by atoms with van der Waals surface area (Å²) in [5.41, 5.74) is 2.26. The predicted molar refractivity (Wildman–Crippen MR) is 116 cm³/mol. The van der Waals surface area contributed by atoms with Gasteiger partial charge in [0.05, 0.1) is 25.2 Å². The Kier molecular flexibility index (Phi) is 5.90. The molecule has 2 aliphatic heterocycles. The minimum atomic E-state index is -0.317. The lowest BCUT2D eigenvalue weighted by molar-refractivity contribution is -0.138. The van der Waals surface area contributed by atoms with E-state index in [-0.39, 0.29) is 22.6 Å².